The van der Waals surface area contributed by atoms with Gasteiger partial charge in [-0.1, -0.05) is 36.4 Å². The highest BCUT2D eigenvalue weighted by Gasteiger charge is 2.29. The molecule has 0 fully saturated rings. The predicted molar refractivity (Wildman–Crippen MR) is 91.1 cm³/mol. The van der Waals surface area contributed by atoms with Gasteiger partial charge in [-0.3, -0.25) is 4.90 Å². The Bertz CT molecular complexity index is 656. The molecule has 24 heavy (non-hydrogen) atoms. The van der Waals surface area contributed by atoms with Crippen LogP contribution in [0, 0.1) is 0 Å². The number of rotatable bonds is 3. The van der Waals surface area contributed by atoms with Gasteiger partial charge < -0.3 is 9.47 Å². The first kappa shape index (κ1) is 17.8. The van der Waals surface area contributed by atoms with Crippen LogP contribution in [0.4, 0.5) is 4.79 Å². The fourth-order valence-electron chi connectivity index (χ4n) is 2.33. The summed E-state index contributed by atoms with van der Waals surface area (Å²) in [6, 6.07) is 9.60. The van der Waals surface area contributed by atoms with Gasteiger partial charge in [0.2, 0.25) is 0 Å². The predicted octanol–water partition coefficient (Wildman–Crippen LogP) is 3.98. The van der Waals surface area contributed by atoms with E-state index in [4.69, 9.17) is 9.47 Å². The molecule has 128 valence electrons. The Morgan fingerprint density at radius 2 is 1.83 bits per heavy atom. The molecule has 1 heterocycles. The maximum absolute atomic E-state index is 12.3. The molecule has 1 atom stereocenters. The molecule has 2 rings (SSSR count). The maximum Gasteiger partial charge on any atom is 0.418 e. The summed E-state index contributed by atoms with van der Waals surface area (Å²) in [6.07, 6.45) is 4.37. The first-order chi connectivity index (χ1) is 11.3. The van der Waals surface area contributed by atoms with Crippen molar-refractivity contribution in [1.29, 1.82) is 0 Å². The quantitative estimate of drug-likeness (QED) is 0.787. The fourth-order valence-corrected chi connectivity index (χ4v) is 2.33. The summed E-state index contributed by atoms with van der Waals surface area (Å²) >= 11 is 0. The molecule has 0 saturated carbocycles. The molecule has 5 heteroatoms. The third-order valence-electron chi connectivity index (χ3n) is 3.33. The zero-order chi connectivity index (χ0) is 17.7. The summed E-state index contributed by atoms with van der Waals surface area (Å²) in [5, 5.41) is 0. The van der Waals surface area contributed by atoms with Crippen molar-refractivity contribution in [2.24, 2.45) is 0 Å². The van der Waals surface area contributed by atoms with E-state index in [1.807, 2.05) is 30.3 Å². The highest BCUT2D eigenvalue weighted by atomic mass is 16.6. The van der Waals surface area contributed by atoms with Crippen molar-refractivity contribution in [1.82, 2.24) is 4.90 Å². The summed E-state index contributed by atoms with van der Waals surface area (Å²) in [4.78, 5) is 25.8. The van der Waals surface area contributed by atoms with Crippen LogP contribution in [0.25, 0.3) is 0 Å². The van der Waals surface area contributed by atoms with E-state index in [2.05, 4.69) is 0 Å². The SMILES string of the molecule is CCOC(=O)C1=CN(C(=O)OC(C)(C)C)C=CC1c1ccccc1. The Morgan fingerprint density at radius 3 is 2.42 bits per heavy atom. The molecule has 0 bridgehead atoms. The number of carbonyl (C=O) groups is 2. The number of hydrogen-bond acceptors (Lipinski definition) is 4. The van der Waals surface area contributed by atoms with E-state index in [0.717, 1.165) is 5.56 Å². The lowest BCUT2D eigenvalue weighted by molar-refractivity contribution is -0.138. The van der Waals surface area contributed by atoms with Crippen molar-refractivity contribution >= 4 is 12.1 Å². The molecule has 0 aliphatic carbocycles. The van der Waals surface area contributed by atoms with Crippen LogP contribution >= 0.6 is 0 Å². The standard InChI is InChI=1S/C19H23NO4/c1-5-23-17(21)16-13-20(18(22)24-19(2,3)4)12-11-15(16)14-9-7-6-8-10-14/h6-13,15H,5H2,1-4H3. The minimum absolute atomic E-state index is 0.260. The summed E-state index contributed by atoms with van der Waals surface area (Å²) in [5.74, 6) is -0.701. The van der Waals surface area contributed by atoms with Crippen LogP contribution in [0.15, 0.2) is 54.4 Å². The Kier molecular flexibility index (Phi) is 5.44. The van der Waals surface area contributed by atoms with Crippen LogP contribution < -0.4 is 0 Å². The molecule has 0 N–H and O–H groups in total. The van der Waals surface area contributed by atoms with Gasteiger partial charge in [-0.05, 0) is 33.3 Å². The van der Waals surface area contributed by atoms with Gasteiger partial charge in [-0.15, -0.1) is 0 Å². The number of nitrogens with zero attached hydrogens (tertiary/aromatic N) is 1. The maximum atomic E-state index is 12.3. The van der Waals surface area contributed by atoms with Crippen LogP contribution in [0.2, 0.25) is 0 Å². The summed E-state index contributed by atoms with van der Waals surface area (Å²) < 4.78 is 10.5. The lowest BCUT2D eigenvalue weighted by atomic mass is 9.90. The first-order valence-corrected chi connectivity index (χ1v) is 7.95. The summed E-state index contributed by atoms with van der Waals surface area (Å²) in [7, 11) is 0. The van der Waals surface area contributed by atoms with E-state index in [1.165, 1.54) is 11.1 Å². The van der Waals surface area contributed by atoms with Crippen molar-refractivity contribution in [2.45, 2.75) is 39.2 Å². The second-order valence-corrected chi connectivity index (χ2v) is 6.42. The topological polar surface area (TPSA) is 55.8 Å². The number of carbonyl (C=O) groups excluding carboxylic acids is 2. The molecule has 5 nitrogen and oxygen atoms in total. The van der Waals surface area contributed by atoms with Crippen LogP contribution in [-0.4, -0.2) is 29.2 Å². The second-order valence-electron chi connectivity index (χ2n) is 6.42. The second kappa shape index (κ2) is 7.34. The Balaban J connectivity index is 2.30. The van der Waals surface area contributed by atoms with Crippen LogP contribution in [0.3, 0.4) is 0 Å². The highest BCUT2D eigenvalue weighted by molar-refractivity contribution is 5.92. The Labute approximate surface area is 142 Å². The fraction of sp³-hybridized carbons (Fsp3) is 0.368. The van der Waals surface area contributed by atoms with Crippen LogP contribution in [0.1, 0.15) is 39.2 Å². The summed E-state index contributed by atoms with van der Waals surface area (Å²) in [6.45, 7) is 7.40. The average Bonchev–Trinajstić information content (AvgIpc) is 2.54. The molecule has 1 amide bonds. The molecule has 1 aliphatic rings. The normalized spacial score (nSPS) is 17.2. The largest absolute Gasteiger partial charge is 0.463 e. The minimum Gasteiger partial charge on any atom is -0.463 e. The molecular formula is C19H23NO4. The van der Waals surface area contributed by atoms with Gasteiger partial charge in [0.05, 0.1) is 12.2 Å². The van der Waals surface area contributed by atoms with Crippen LogP contribution in [-0.2, 0) is 14.3 Å². The van der Waals surface area contributed by atoms with Crippen molar-refractivity contribution in [3.63, 3.8) is 0 Å². The molecule has 1 aromatic rings. The van der Waals surface area contributed by atoms with E-state index in [-0.39, 0.29) is 12.5 Å². The Hall–Kier alpha value is -2.56. The van der Waals surface area contributed by atoms with Gasteiger partial charge in [-0.2, -0.15) is 0 Å². The lowest BCUT2D eigenvalue weighted by Gasteiger charge is -2.27. The molecule has 1 aromatic carbocycles. The highest BCUT2D eigenvalue weighted by Crippen LogP contribution is 2.31. The smallest absolute Gasteiger partial charge is 0.418 e. The summed E-state index contributed by atoms with van der Waals surface area (Å²) in [5.41, 5.74) is 0.743. The molecule has 0 saturated heterocycles. The molecular weight excluding hydrogens is 306 g/mol. The first-order valence-electron chi connectivity index (χ1n) is 7.95. The minimum atomic E-state index is -0.612. The van der Waals surface area contributed by atoms with Gasteiger partial charge in [-0.25, -0.2) is 9.59 Å². The number of ether oxygens (including phenoxy) is 2. The van der Waals surface area contributed by atoms with E-state index in [9.17, 15) is 9.59 Å². The lowest BCUT2D eigenvalue weighted by Crippen LogP contribution is -2.33. The molecule has 1 aliphatic heterocycles. The van der Waals surface area contributed by atoms with E-state index >= 15 is 0 Å². The van der Waals surface area contributed by atoms with Gasteiger partial charge in [0.25, 0.3) is 0 Å². The van der Waals surface area contributed by atoms with E-state index < -0.39 is 17.7 Å². The van der Waals surface area contributed by atoms with E-state index in [0.29, 0.717) is 5.57 Å². The van der Waals surface area contributed by atoms with Crippen molar-refractivity contribution in [3.05, 3.63) is 59.9 Å². The van der Waals surface area contributed by atoms with Crippen molar-refractivity contribution in [2.75, 3.05) is 6.61 Å². The zero-order valence-corrected chi connectivity index (χ0v) is 14.5. The number of amides is 1. The molecule has 0 spiro atoms. The number of benzene rings is 1. The van der Waals surface area contributed by atoms with Gasteiger partial charge >= 0.3 is 12.1 Å². The molecule has 1 unspecified atom stereocenters. The number of esters is 1. The number of allylic oxidation sites excluding steroid dienone is 1. The van der Waals surface area contributed by atoms with Crippen molar-refractivity contribution < 1.29 is 19.1 Å². The van der Waals surface area contributed by atoms with Crippen LogP contribution in [0.5, 0.6) is 0 Å². The van der Waals surface area contributed by atoms with Gasteiger partial charge in [0.1, 0.15) is 5.60 Å². The molecule has 0 aromatic heterocycles. The van der Waals surface area contributed by atoms with Gasteiger partial charge in [0.15, 0.2) is 0 Å². The Morgan fingerprint density at radius 1 is 1.17 bits per heavy atom. The zero-order valence-electron chi connectivity index (χ0n) is 14.5. The van der Waals surface area contributed by atoms with E-state index in [1.54, 1.807) is 40.0 Å². The van der Waals surface area contributed by atoms with Gasteiger partial charge in [0, 0.05) is 18.3 Å². The average molecular weight is 329 g/mol. The molecule has 0 radical (unpaired) electrons. The number of hydrogen-bond donors (Lipinski definition) is 0. The van der Waals surface area contributed by atoms with Crippen molar-refractivity contribution in [3.8, 4) is 0 Å². The third kappa shape index (κ3) is 4.47. The monoisotopic (exact) mass is 329 g/mol. The third-order valence-corrected chi connectivity index (χ3v) is 3.33.